The number of hydrogen-bond acceptors (Lipinski definition) is 2. The molecule has 0 spiro atoms. The molecule has 3 rings (SSSR count). The molecule has 3 atom stereocenters. The van der Waals surface area contributed by atoms with Crippen LogP contribution in [0, 0.1) is 11.3 Å². The van der Waals surface area contributed by atoms with Gasteiger partial charge in [-0.1, -0.05) is 40.0 Å². The zero-order chi connectivity index (χ0) is 14.9. The predicted octanol–water partition coefficient (Wildman–Crippen LogP) is 4.20. The molecule has 21 heavy (non-hydrogen) atoms. The summed E-state index contributed by atoms with van der Waals surface area (Å²) in [5.74, 6) is 1.01. The number of nitrogens with zero attached hydrogens (tertiary/aromatic N) is 1. The van der Waals surface area contributed by atoms with E-state index in [0.29, 0.717) is 11.5 Å². The summed E-state index contributed by atoms with van der Waals surface area (Å²) in [6.07, 6.45) is 13.1. The highest BCUT2D eigenvalue weighted by Crippen LogP contribution is 2.43. The predicted molar refractivity (Wildman–Crippen MR) is 90.6 cm³/mol. The van der Waals surface area contributed by atoms with Gasteiger partial charge in [-0.05, 0) is 62.9 Å². The Morgan fingerprint density at radius 1 is 0.952 bits per heavy atom. The second kappa shape index (κ2) is 6.58. The minimum atomic E-state index is 0.460. The molecular weight excluding hydrogens is 256 g/mol. The van der Waals surface area contributed by atoms with Crippen LogP contribution in [0.5, 0.6) is 0 Å². The van der Waals surface area contributed by atoms with E-state index >= 15 is 0 Å². The Bertz CT molecular complexity index is 332. The van der Waals surface area contributed by atoms with Crippen molar-refractivity contribution in [3.8, 4) is 0 Å². The SMILES string of the molecule is CCNC1C(N2CCCC2C2CCCC2)CCCC1(C)C. The van der Waals surface area contributed by atoms with Gasteiger partial charge >= 0.3 is 0 Å². The van der Waals surface area contributed by atoms with Crippen LogP contribution in [0.25, 0.3) is 0 Å². The summed E-state index contributed by atoms with van der Waals surface area (Å²) in [4.78, 5) is 2.96. The molecule has 0 aromatic rings. The van der Waals surface area contributed by atoms with Crippen LogP contribution in [0.4, 0.5) is 0 Å². The zero-order valence-electron chi connectivity index (χ0n) is 14.5. The topological polar surface area (TPSA) is 15.3 Å². The second-order valence-corrected chi connectivity index (χ2v) is 8.48. The van der Waals surface area contributed by atoms with Crippen molar-refractivity contribution in [1.82, 2.24) is 10.2 Å². The summed E-state index contributed by atoms with van der Waals surface area (Å²) in [5, 5.41) is 3.87. The van der Waals surface area contributed by atoms with E-state index in [9.17, 15) is 0 Å². The summed E-state index contributed by atoms with van der Waals surface area (Å²) in [6, 6.07) is 2.40. The first kappa shape index (κ1) is 15.8. The fraction of sp³-hybridized carbons (Fsp3) is 1.00. The Labute approximate surface area is 132 Å². The van der Waals surface area contributed by atoms with Gasteiger partial charge in [-0.15, -0.1) is 0 Å². The van der Waals surface area contributed by atoms with Crippen molar-refractivity contribution in [2.24, 2.45) is 11.3 Å². The summed E-state index contributed by atoms with van der Waals surface area (Å²) >= 11 is 0. The molecule has 2 heteroatoms. The average molecular weight is 293 g/mol. The third-order valence-electron chi connectivity index (χ3n) is 6.68. The van der Waals surface area contributed by atoms with Gasteiger partial charge in [0.15, 0.2) is 0 Å². The third-order valence-corrected chi connectivity index (χ3v) is 6.68. The number of likely N-dealkylation sites (tertiary alicyclic amines) is 1. The first-order valence-corrected chi connectivity index (χ1v) is 9.62. The van der Waals surface area contributed by atoms with Crippen molar-refractivity contribution in [3.63, 3.8) is 0 Å². The minimum Gasteiger partial charge on any atom is -0.312 e. The quantitative estimate of drug-likeness (QED) is 0.835. The fourth-order valence-corrected chi connectivity index (χ4v) is 5.67. The molecule has 1 N–H and O–H groups in total. The van der Waals surface area contributed by atoms with E-state index in [-0.39, 0.29) is 0 Å². The van der Waals surface area contributed by atoms with Gasteiger partial charge in [0.1, 0.15) is 0 Å². The number of likely N-dealkylation sites (N-methyl/N-ethyl adjacent to an activating group) is 1. The highest BCUT2D eigenvalue weighted by atomic mass is 15.2. The lowest BCUT2D eigenvalue weighted by atomic mass is 9.70. The molecule has 2 aliphatic carbocycles. The van der Waals surface area contributed by atoms with Gasteiger partial charge in [0, 0.05) is 18.1 Å². The first-order chi connectivity index (χ1) is 10.1. The molecule has 0 amide bonds. The first-order valence-electron chi connectivity index (χ1n) is 9.62. The highest BCUT2D eigenvalue weighted by molar-refractivity contribution is 5.02. The zero-order valence-corrected chi connectivity index (χ0v) is 14.5. The second-order valence-electron chi connectivity index (χ2n) is 8.48. The molecule has 1 heterocycles. The molecule has 3 unspecified atom stereocenters. The van der Waals surface area contributed by atoms with Crippen LogP contribution >= 0.6 is 0 Å². The molecule has 3 aliphatic rings. The molecule has 2 nitrogen and oxygen atoms in total. The lowest BCUT2D eigenvalue weighted by Gasteiger charge is -2.50. The van der Waals surface area contributed by atoms with Gasteiger partial charge in [-0.25, -0.2) is 0 Å². The Kier molecular flexibility index (Phi) is 4.95. The van der Waals surface area contributed by atoms with Crippen molar-refractivity contribution in [2.75, 3.05) is 13.1 Å². The van der Waals surface area contributed by atoms with Gasteiger partial charge in [0.25, 0.3) is 0 Å². The molecule has 0 bridgehead atoms. The van der Waals surface area contributed by atoms with Crippen LogP contribution in [0.15, 0.2) is 0 Å². The van der Waals surface area contributed by atoms with Crippen LogP contribution in [-0.2, 0) is 0 Å². The molecule has 122 valence electrons. The number of hydrogen-bond donors (Lipinski definition) is 1. The number of nitrogens with one attached hydrogen (secondary N) is 1. The van der Waals surface area contributed by atoms with E-state index in [1.165, 1.54) is 64.3 Å². The van der Waals surface area contributed by atoms with Crippen molar-refractivity contribution >= 4 is 0 Å². The fourth-order valence-electron chi connectivity index (χ4n) is 5.67. The molecule has 0 radical (unpaired) electrons. The van der Waals surface area contributed by atoms with Gasteiger partial charge < -0.3 is 5.32 Å². The van der Waals surface area contributed by atoms with Crippen LogP contribution in [0.3, 0.4) is 0 Å². The third kappa shape index (κ3) is 3.17. The lowest BCUT2D eigenvalue weighted by Crippen LogP contribution is -2.60. The Morgan fingerprint density at radius 2 is 1.67 bits per heavy atom. The molecule has 1 aliphatic heterocycles. The monoisotopic (exact) mass is 292 g/mol. The minimum absolute atomic E-state index is 0.460. The van der Waals surface area contributed by atoms with Gasteiger partial charge in [-0.2, -0.15) is 0 Å². The maximum atomic E-state index is 3.87. The van der Waals surface area contributed by atoms with Gasteiger partial charge in [0.05, 0.1) is 0 Å². The van der Waals surface area contributed by atoms with E-state index in [2.05, 4.69) is 31.0 Å². The Morgan fingerprint density at radius 3 is 2.38 bits per heavy atom. The van der Waals surface area contributed by atoms with Crippen LogP contribution in [0.2, 0.25) is 0 Å². The molecular formula is C19H36N2. The summed E-state index contributed by atoms with van der Waals surface area (Å²) in [6.45, 7) is 9.75. The lowest BCUT2D eigenvalue weighted by molar-refractivity contribution is 0.0280. The molecule has 0 aromatic heterocycles. The Balaban J connectivity index is 1.75. The molecule has 1 saturated heterocycles. The normalized spacial score (nSPS) is 38.1. The van der Waals surface area contributed by atoms with Crippen molar-refractivity contribution in [1.29, 1.82) is 0 Å². The van der Waals surface area contributed by atoms with Crippen LogP contribution in [-0.4, -0.2) is 36.1 Å². The largest absolute Gasteiger partial charge is 0.312 e. The van der Waals surface area contributed by atoms with Gasteiger partial charge in [-0.3, -0.25) is 4.90 Å². The average Bonchev–Trinajstić information content (AvgIpc) is 3.09. The highest BCUT2D eigenvalue weighted by Gasteiger charge is 2.45. The maximum Gasteiger partial charge on any atom is 0.0274 e. The van der Waals surface area contributed by atoms with E-state index in [0.717, 1.165) is 24.5 Å². The Hall–Kier alpha value is -0.0800. The van der Waals surface area contributed by atoms with Crippen molar-refractivity contribution < 1.29 is 0 Å². The van der Waals surface area contributed by atoms with Crippen LogP contribution < -0.4 is 5.32 Å². The van der Waals surface area contributed by atoms with E-state index < -0.39 is 0 Å². The standard InChI is InChI=1S/C19H36N2/c1-4-20-18-17(11-7-13-19(18,2)3)21-14-8-12-16(21)15-9-5-6-10-15/h15-18,20H,4-14H2,1-3H3. The maximum absolute atomic E-state index is 3.87. The van der Waals surface area contributed by atoms with E-state index in [1.807, 2.05) is 0 Å². The van der Waals surface area contributed by atoms with Gasteiger partial charge in [0.2, 0.25) is 0 Å². The molecule has 0 aromatic carbocycles. The molecule has 2 saturated carbocycles. The van der Waals surface area contributed by atoms with Crippen molar-refractivity contribution in [2.45, 2.75) is 96.7 Å². The molecule has 3 fully saturated rings. The van der Waals surface area contributed by atoms with Crippen LogP contribution in [0.1, 0.15) is 78.6 Å². The summed E-state index contributed by atoms with van der Waals surface area (Å²) in [5.41, 5.74) is 0.460. The van der Waals surface area contributed by atoms with E-state index in [4.69, 9.17) is 0 Å². The number of rotatable bonds is 4. The summed E-state index contributed by atoms with van der Waals surface area (Å²) in [7, 11) is 0. The smallest absolute Gasteiger partial charge is 0.0274 e. The van der Waals surface area contributed by atoms with Crippen molar-refractivity contribution in [3.05, 3.63) is 0 Å². The summed E-state index contributed by atoms with van der Waals surface area (Å²) < 4.78 is 0. The van der Waals surface area contributed by atoms with E-state index in [1.54, 1.807) is 0 Å².